The monoisotopic (exact) mass is 1000 g/mol. The van der Waals surface area contributed by atoms with Gasteiger partial charge in [-0.25, -0.2) is 9.78 Å². The van der Waals surface area contributed by atoms with E-state index in [9.17, 15) is 58.5 Å². The van der Waals surface area contributed by atoms with E-state index in [1.54, 1.807) is 30.3 Å². The lowest BCUT2D eigenvalue weighted by atomic mass is 10.0. The maximum atomic E-state index is 13.8. The molecule has 2 aromatic rings. The molecule has 0 bridgehead atoms. The second-order valence-electron chi connectivity index (χ2n) is 16.5. The van der Waals surface area contributed by atoms with Crippen molar-refractivity contribution in [2.24, 2.45) is 22.2 Å². The van der Waals surface area contributed by atoms with Crippen LogP contribution in [0.15, 0.2) is 47.8 Å². The Morgan fingerprint density at radius 1 is 0.814 bits per heavy atom. The first kappa shape index (κ1) is 57.5. The summed E-state index contributed by atoms with van der Waals surface area (Å²) in [7, 11) is 0. The zero-order valence-corrected chi connectivity index (χ0v) is 40.0. The fourth-order valence-corrected chi connectivity index (χ4v) is 7.60. The quantitative estimate of drug-likeness (QED) is 0.0206. The van der Waals surface area contributed by atoms with Gasteiger partial charge < -0.3 is 79.6 Å². The zero-order valence-electron chi connectivity index (χ0n) is 39.2. The predicted molar refractivity (Wildman–Crippen MR) is 255 cm³/mol. The van der Waals surface area contributed by atoms with Crippen molar-refractivity contribution in [3.8, 4) is 0 Å². The number of hydrogen-bond acceptors (Lipinski definition) is 15. The van der Waals surface area contributed by atoms with Gasteiger partial charge in [-0.1, -0.05) is 30.3 Å². The van der Waals surface area contributed by atoms with Crippen LogP contribution in [-0.4, -0.2) is 182 Å². The largest absolute Gasteiger partial charge is 0.480 e. The summed E-state index contributed by atoms with van der Waals surface area (Å²) in [4.78, 5) is 130. The number of likely N-dealkylation sites (tertiary alicyclic amines) is 1. The molecule has 8 amide bonds. The third-order valence-electron chi connectivity index (χ3n) is 10.9. The number of aromatic nitrogens is 2. The highest BCUT2D eigenvalue weighted by atomic mass is 32.2. The van der Waals surface area contributed by atoms with Crippen molar-refractivity contribution in [3.63, 3.8) is 0 Å². The molecular weight excluding hydrogens is 937 g/mol. The van der Waals surface area contributed by atoms with Crippen LogP contribution in [0.5, 0.6) is 0 Å². The smallest absolute Gasteiger partial charge is 0.326 e. The summed E-state index contributed by atoms with van der Waals surface area (Å²) in [5.41, 5.74) is 17.7. The Balaban J connectivity index is 1.63. The minimum Gasteiger partial charge on any atom is -0.480 e. The summed E-state index contributed by atoms with van der Waals surface area (Å²) in [6.45, 7) is 1.48. The summed E-state index contributed by atoms with van der Waals surface area (Å²) in [6.07, 6.45) is 2.65. The molecule has 0 unspecified atom stereocenters. The van der Waals surface area contributed by atoms with Gasteiger partial charge in [0.25, 0.3) is 0 Å². The number of guanidine groups is 1. The van der Waals surface area contributed by atoms with Crippen molar-refractivity contribution in [1.82, 2.24) is 52.1 Å². The number of aliphatic hydroxyl groups excluding tert-OH is 2. The number of carbonyl (C=O) groups excluding carboxylic acids is 8. The molecule has 386 valence electrons. The molecule has 3 rings (SSSR count). The summed E-state index contributed by atoms with van der Waals surface area (Å²) in [5, 5.41) is 47.5. The second kappa shape index (κ2) is 29.2. The van der Waals surface area contributed by atoms with Crippen molar-refractivity contribution in [1.29, 1.82) is 0 Å². The number of aromatic amines is 1. The zero-order chi connectivity index (χ0) is 51.9. The number of nitrogens with one attached hydrogen (secondary N) is 8. The van der Waals surface area contributed by atoms with Crippen LogP contribution in [0.1, 0.15) is 57.2 Å². The van der Waals surface area contributed by atoms with Gasteiger partial charge in [-0.15, -0.1) is 0 Å². The number of carboxylic acid groups (broad SMARTS) is 1. The number of carbonyl (C=O) groups is 9. The number of thioether (sulfide) groups is 1. The molecule has 0 radical (unpaired) electrons. The third-order valence-corrected chi connectivity index (χ3v) is 11.6. The van der Waals surface area contributed by atoms with Crippen LogP contribution in [-0.2, 0) is 56.0 Å². The molecule has 0 aliphatic carbocycles. The molecule has 1 aliphatic rings. The molecule has 0 spiro atoms. The average Bonchev–Trinajstić information content (AvgIpc) is 4.04. The number of H-pyrrole nitrogens is 1. The third kappa shape index (κ3) is 19.3. The molecule has 1 fully saturated rings. The lowest BCUT2D eigenvalue weighted by Gasteiger charge is -2.27. The number of amides is 8. The van der Waals surface area contributed by atoms with Gasteiger partial charge in [0.05, 0.1) is 37.7 Å². The molecule has 26 nitrogen and oxygen atoms in total. The SMILES string of the molecule is CSCC[C@H](NC(=O)[C@@H](N)CCCN=C(N)N)C(=O)NCC(=O)N1CCC[C@H]1C(=O)N[C@@H](Cc1ccccc1)C(=O)NCC(=O)N[C@H](C(=O)N[C@H](C(=O)N[C@@H](Cc1cnc[nH]1)C(=O)O)[C@@H](C)O)[C@@H](C)O. The van der Waals surface area contributed by atoms with Crippen LogP contribution in [0.3, 0.4) is 0 Å². The molecule has 1 aliphatic heterocycles. The number of hydrogen-bond donors (Lipinski definition) is 14. The van der Waals surface area contributed by atoms with E-state index < -0.39 is 121 Å². The van der Waals surface area contributed by atoms with E-state index in [1.807, 2.05) is 6.26 Å². The molecule has 2 heterocycles. The minimum absolute atomic E-state index is 0.0496. The molecule has 1 aromatic carbocycles. The maximum absolute atomic E-state index is 13.8. The Morgan fingerprint density at radius 2 is 1.44 bits per heavy atom. The number of aliphatic carboxylic acids is 1. The highest BCUT2D eigenvalue weighted by Gasteiger charge is 2.37. The molecule has 0 saturated carbocycles. The van der Waals surface area contributed by atoms with Gasteiger partial charge in [-0.2, -0.15) is 11.8 Å². The van der Waals surface area contributed by atoms with Gasteiger partial charge in [-0.3, -0.25) is 43.3 Å². The predicted octanol–water partition coefficient (Wildman–Crippen LogP) is -5.18. The summed E-state index contributed by atoms with van der Waals surface area (Å²) in [6, 6.07) is -0.639. The van der Waals surface area contributed by atoms with E-state index in [1.165, 1.54) is 29.2 Å². The Hall–Kier alpha value is -6.84. The average molecular weight is 1000 g/mol. The molecule has 1 aromatic heterocycles. The molecule has 1 saturated heterocycles. The number of aliphatic hydroxyl groups is 2. The maximum Gasteiger partial charge on any atom is 0.326 e. The van der Waals surface area contributed by atoms with Crippen LogP contribution in [0.25, 0.3) is 0 Å². The number of rotatable bonds is 29. The second-order valence-corrected chi connectivity index (χ2v) is 17.5. The summed E-state index contributed by atoms with van der Waals surface area (Å²) < 4.78 is 0. The molecule has 27 heteroatoms. The van der Waals surface area contributed by atoms with E-state index in [2.05, 4.69) is 52.2 Å². The van der Waals surface area contributed by atoms with Crippen LogP contribution in [0.4, 0.5) is 0 Å². The first-order chi connectivity index (χ1) is 33.2. The Kier molecular flexibility index (Phi) is 24.0. The van der Waals surface area contributed by atoms with Crippen molar-refractivity contribution in [3.05, 3.63) is 54.1 Å². The topological polar surface area (TPSA) is 421 Å². The van der Waals surface area contributed by atoms with E-state index in [-0.39, 0.29) is 51.2 Å². The molecule has 9 atom stereocenters. The highest BCUT2D eigenvalue weighted by Crippen LogP contribution is 2.18. The van der Waals surface area contributed by atoms with E-state index >= 15 is 0 Å². The lowest BCUT2D eigenvalue weighted by molar-refractivity contribution is -0.143. The first-order valence-electron chi connectivity index (χ1n) is 22.5. The number of carboxylic acids is 1. The molecule has 17 N–H and O–H groups in total. The van der Waals surface area contributed by atoms with Crippen molar-refractivity contribution >= 4 is 70.9 Å². The lowest BCUT2D eigenvalue weighted by Crippen LogP contribution is -2.61. The van der Waals surface area contributed by atoms with Gasteiger partial charge in [0.15, 0.2) is 5.96 Å². The van der Waals surface area contributed by atoms with E-state index in [4.69, 9.17) is 17.2 Å². The van der Waals surface area contributed by atoms with E-state index in [0.717, 1.165) is 13.8 Å². The highest BCUT2D eigenvalue weighted by molar-refractivity contribution is 7.98. The van der Waals surface area contributed by atoms with Gasteiger partial charge >= 0.3 is 5.97 Å². The van der Waals surface area contributed by atoms with Crippen LogP contribution >= 0.6 is 11.8 Å². The fourth-order valence-electron chi connectivity index (χ4n) is 7.13. The molecular formula is C43H66N14O12S. The van der Waals surface area contributed by atoms with E-state index in [0.29, 0.717) is 29.9 Å². The number of nitrogens with zero attached hydrogens (tertiary/aromatic N) is 3. The first-order valence-corrected chi connectivity index (χ1v) is 23.9. The van der Waals surface area contributed by atoms with Crippen LogP contribution in [0, 0.1) is 0 Å². The van der Waals surface area contributed by atoms with Gasteiger partial charge in [0.1, 0.15) is 36.3 Å². The minimum atomic E-state index is -1.73. The van der Waals surface area contributed by atoms with Gasteiger partial charge in [-0.05, 0) is 63.5 Å². The Labute approximate surface area is 408 Å². The van der Waals surface area contributed by atoms with Crippen molar-refractivity contribution in [2.45, 2.75) is 113 Å². The number of imidazole rings is 1. The Morgan fingerprint density at radius 3 is 2.06 bits per heavy atom. The standard InChI is InChI=1S/C43H66N14O12S/c1-23(58)34(41(67)56-35(24(2)59)40(66)54-30(42(68)69)18-26-19-47-22-51-26)55-32(60)20-49-38(64)29(17-25-9-5-4-6-10-25)53-39(65)31-12-8-15-57(31)33(61)21-50-37(63)28(13-16-70-3)52-36(62)27(44)11-7-14-48-43(45)46/h4-6,9-10,19,22-24,27-31,34-35,58-59H,7-8,11-18,20-21,44H2,1-3H3,(H,47,51)(H,49,64)(H,50,63)(H,52,62)(H,53,65)(H,54,66)(H,55,60)(H,56,67)(H,68,69)(H4,45,46,48)/t23-,24-,27+,28+,29+,30+,31+,34+,35+/m1/s1. The number of nitrogens with two attached hydrogens (primary N) is 3. The number of aliphatic imine (C=N–C) groups is 1. The fraction of sp³-hybridized carbons (Fsp3) is 0.558. The van der Waals surface area contributed by atoms with Gasteiger partial charge in [0.2, 0.25) is 47.3 Å². The Bertz CT molecular complexity index is 2110. The summed E-state index contributed by atoms with van der Waals surface area (Å²) >= 11 is 1.45. The van der Waals surface area contributed by atoms with Gasteiger partial charge in [0, 0.05) is 37.8 Å². The van der Waals surface area contributed by atoms with Crippen molar-refractivity contribution in [2.75, 3.05) is 38.2 Å². The number of benzene rings is 1. The summed E-state index contributed by atoms with van der Waals surface area (Å²) in [5.74, 6) is -7.49. The normalized spacial score (nSPS) is 16.6. The van der Waals surface area contributed by atoms with Crippen LogP contribution < -0.4 is 54.4 Å². The van der Waals surface area contributed by atoms with Crippen molar-refractivity contribution < 1.29 is 58.5 Å². The van der Waals surface area contributed by atoms with Crippen LogP contribution in [0.2, 0.25) is 0 Å². The molecule has 70 heavy (non-hydrogen) atoms.